The number of para-hydroxylation sites is 1. The quantitative estimate of drug-likeness (QED) is 0.793. The van der Waals surface area contributed by atoms with Crippen molar-refractivity contribution in [2.45, 2.75) is 64.6 Å². The maximum Gasteiger partial charge on any atom is 0.410 e. The average Bonchev–Trinajstić information content (AvgIpc) is 3.08. The third-order valence-corrected chi connectivity index (χ3v) is 4.61. The number of anilines is 1. The van der Waals surface area contributed by atoms with Gasteiger partial charge in [-0.2, -0.15) is 0 Å². The molecule has 0 aliphatic carbocycles. The van der Waals surface area contributed by atoms with Crippen molar-refractivity contribution < 1.29 is 14.3 Å². The SMILES string of the molecule is CC1Cc2ccccc2N1C(=O)C1CCCN1C(=O)OC(C)(C)C. The summed E-state index contributed by atoms with van der Waals surface area (Å²) in [6.07, 6.45) is 2.00. The van der Waals surface area contributed by atoms with Crippen LogP contribution in [0.4, 0.5) is 10.5 Å². The van der Waals surface area contributed by atoms with Crippen molar-refractivity contribution in [1.29, 1.82) is 0 Å². The summed E-state index contributed by atoms with van der Waals surface area (Å²) in [5.74, 6) is 0.0100. The Kier molecular flexibility index (Phi) is 4.28. The Bertz CT molecular complexity index is 650. The lowest BCUT2D eigenvalue weighted by atomic mass is 10.1. The standard InChI is InChI=1S/C19H26N2O3/c1-13-12-14-8-5-6-9-15(14)21(13)17(22)16-10-7-11-20(16)18(23)24-19(2,3)4/h5-6,8-9,13,16H,7,10-12H2,1-4H3. The molecule has 0 N–H and O–H groups in total. The second-order valence-corrected chi connectivity index (χ2v) is 7.72. The number of amides is 2. The summed E-state index contributed by atoms with van der Waals surface area (Å²) in [5, 5.41) is 0. The highest BCUT2D eigenvalue weighted by Gasteiger charge is 2.42. The second kappa shape index (κ2) is 6.11. The van der Waals surface area contributed by atoms with Gasteiger partial charge in [0.15, 0.2) is 0 Å². The maximum atomic E-state index is 13.2. The van der Waals surface area contributed by atoms with Crippen molar-refractivity contribution in [2.24, 2.45) is 0 Å². The Morgan fingerprint density at radius 2 is 1.92 bits per heavy atom. The van der Waals surface area contributed by atoms with Crippen LogP contribution in [0.1, 0.15) is 46.1 Å². The number of benzene rings is 1. The predicted octanol–water partition coefficient (Wildman–Crippen LogP) is 3.36. The van der Waals surface area contributed by atoms with E-state index in [1.54, 1.807) is 4.90 Å². The van der Waals surface area contributed by atoms with Gasteiger partial charge in [-0.3, -0.25) is 9.69 Å². The largest absolute Gasteiger partial charge is 0.444 e. The van der Waals surface area contributed by atoms with Gasteiger partial charge in [0.1, 0.15) is 11.6 Å². The minimum Gasteiger partial charge on any atom is -0.444 e. The van der Waals surface area contributed by atoms with Crippen LogP contribution < -0.4 is 4.90 Å². The van der Waals surface area contributed by atoms with Gasteiger partial charge in [0.25, 0.3) is 0 Å². The van der Waals surface area contributed by atoms with Crippen LogP contribution in [0.25, 0.3) is 0 Å². The van der Waals surface area contributed by atoms with Gasteiger partial charge >= 0.3 is 6.09 Å². The van der Waals surface area contributed by atoms with E-state index in [4.69, 9.17) is 4.74 Å². The molecule has 2 aliphatic heterocycles. The van der Waals surface area contributed by atoms with Gasteiger partial charge in [0.2, 0.25) is 5.91 Å². The van der Waals surface area contributed by atoms with Crippen LogP contribution in [0.5, 0.6) is 0 Å². The van der Waals surface area contributed by atoms with Crippen molar-refractivity contribution in [3.63, 3.8) is 0 Å². The van der Waals surface area contributed by atoms with Crippen LogP contribution in [-0.4, -0.2) is 41.1 Å². The van der Waals surface area contributed by atoms with Crippen molar-refractivity contribution in [1.82, 2.24) is 4.90 Å². The number of rotatable bonds is 1. The molecule has 0 spiro atoms. The number of nitrogens with zero attached hydrogens (tertiary/aromatic N) is 2. The van der Waals surface area contributed by atoms with E-state index in [1.165, 1.54) is 5.56 Å². The highest BCUT2D eigenvalue weighted by Crippen LogP contribution is 2.34. The lowest BCUT2D eigenvalue weighted by Gasteiger charge is -2.32. The molecule has 0 bridgehead atoms. The first kappa shape index (κ1) is 16.8. The zero-order valence-electron chi connectivity index (χ0n) is 14.9. The van der Waals surface area contributed by atoms with Crippen molar-refractivity contribution in [3.8, 4) is 0 Å². The monoisotopic (exact) mass is 330 g/mol. The van der Waals surface area contributed by atoms with Gasteiger partial charge in [0, 0.05) is 18.3 Å². The summed E-state index contributed by atoms with van der Waals surface area (Å²) >= 11 is 0. The Hall–Kier alpha value is -2.04. The molecule has 5 nitrogen and oxygen atoms in total. The summed E-state index contributed by atoms with van der Waals surface area (Å²) in [7, 11) is 0. The minimum atomic E-state index is -0.555. The Balaban J connectivity index is 1.80. The van der Waals surface area contributed by atoms with Crippen LogP contribution in [0.15, 0.2) is 24.3 Å². The molecule has 0 aromatic heterocycles. The molecular weight excluding hydrogens is 304 g/mol. The van der Waals surface area contributed by atoms with E-state index in [1.807, 2.05) is 43.9 Å². The predicted molar refractivity (Wildman–Crippen MR) is 93.1 cm³/mol. The number of ether oxygens (including phenoxy) is 1. The Labute approximate surface area is 143 Å². The third kappa shape index (κ3) is 3.12. The summed E-state index contributed by atoms with van der Waals surface area (Å²) < 4.78 is 5.48. The number of carbonyl (C=O) groups is 2. The summed E-state index contributed by atoms with van der Waals surface area (Å²) in [6.45, 7) is 8.17. The van der Waals surface area contributed by atoms with E-state index >= 15 is 0 Å². The molecule has 24 heavy (non-hydrogen) atoms. The van der Waals surface area contributed by atoms with Crippen LogP contribution in [0.2, 0.25) is 0 Å². The Morgan fingerprint density at radius 1 is 1.21 bits per heavy atom. The third-order valence-electron chi connectivity index (χ3n) is 4.61. The van der Waals surface area contributed by atoms with E-state index in [0.717, 1.165) is 18.5 Å². The molecule has 1 aromatic carbocycles. The molecule has 2 aliphatic rings. The van der Waals surface area contributed by atoms with Crippen molar-refractivity contribution >= 4 is 17.7 Å². The first-order chi connectivity index (χ1) is 11.3. The molecule has 1 saturated heterocycles. The molecule has 5 heteroatoms. The Morgan fingerprint density at radius 3 is 2.62 bits per heavy atom. The molecule has 3 rings (SSSR count). The molecule has 2 atom stereocenters. The first-order valence-electron chi connectivity index (χ1n) is 8.68. The molecule has 0 radical (unpaired) electrons. The fourth-order valence-electron chi connectivity index (χ4n) is 3.62. The highest BCUT2D eigenvalue weighted by molar-refractivity contribution is 6.01. The summed E-state index contributed by atoms with van der Waals surface area (Å²) in [5.41, 5.74) is 1.62. The smallest absolute Gasteiger partial charge is 0.410 e. The first-order valence-corrected chi connectivity index (χ1v) is 8.68. The lowest BCUT2D eigenvalue weighted by Crippen LogP contribution is -2.50. The molecule has 2 heterocycles. The van der Waals surface area contributed by atoms with Gasteiger partial charge in [-0.15, -0.1) is 0 Å². The summed E-state index contributed by atoms with van der Waals surface area (Å²) in [4.78, 5) is 29.1. The average molecular weight is 330 g/mol. The van der Waals surface area contributed by atoms with Gasteiger partial charge in [-0.05, 0) is 58.6 Å². The minimum absolute atomic E-state index is 0.0100. The second-order valence-electron chi connectivity index (χ2n) is 7.72. The van der Waals surface area contributed by atoms with Gasteiger partial charge < -0.3 is 9.64 Å². The van der Waals surface area contributed by atoms with Crippen LogP contribution in [-0.2, 0) is 16.0 Å². The summed E-state index contributed by atoms with van der Waals surface area (Å²) in [6, 6.07) is 7.71. The van der Waals surface area contributed by atoms with Crippen LogP contribution in [0, 0.1) is 0 Å². The van der Waals surface area contributed by atoms with Gasteiger partial charge in [-0.25, -0.2) is 4.79 Å². The number of fused-ring (bicyclic) bond motifs is 1. The van der Waals surface area contributed by atoms with E-state index in [-0.39, 0.29) is 11.9 Å². The van der Waals surface area contributed by atoms with Gasteiger partial charge in [0.05, 0.1) is 0 Å². The molecule has 0 saturated carbocycles. The lowest BCUT2D eigenvalue weighted by molar-refractivity contribution is -0.123. The number of hydrogen-bond acceptors (Lipinski definition) is 3. The number of carbonyl (C=O) groups excluding carboxylic acids is 2. The number of hydrogen-bond donors (Lipinski definition) is 0. The zero-order valence-corrected chi connectivity index (χ0v) is 14.9. The van der Waals surface area contributed by atoms with E-state index in [2.05, 4.69) is 13.0 Å². The molecular formula is C19H26N2O3. The van der Waals surface area contributed by atoms with E-state index in [9.17, 15) is 9.59 Å². The molecule has 1 fully saturated rings. The normalized spacial score (nSPS) is 23.3. The van der Waals surface area contributed by atoms with Crippen LogP contribution in [0.3, 0.4) is 0 Å². The van der Waals surface area contributed by atoms with Crippen LogP contribution >= 0.6 is 0 Å². The molecule has 130 valence electrons. The number of likely N-dealkylation sites (tertiary alicyclic amines) is 1. The van der Waals surface area contributed by atoms with E-state index in [0.29, 0.717) is 13.0 Å². The van der Waals surface area contributed by atoms with Gasteiger partial charge in [-0.1, -0.05) is 18.2 Å². The topological polar surface area (TPSA) is 49.9 Å². The molecule has 2 unspecified atom stereocenters. The van der Waals surface area contributed by atoms with Crippen molar-refractivity contribution in [3.05, 3.63) is 29.8 Å². The van der Waals surface area contributed by atoms with E-state index < -0.39 is 17.7 Å². The van der Waals surface area contributed by atoms with Crippen molar-refractivity contribution in [2.75, 3.05) is 11.4 Å². The molecule has 1 aromatic rings. The zero-order chi connectivity index (χ0) is 17.5. The fourth-order valence-corrected chi connectivity index (χ4v) is 3.62. The highest BCUT2D eigenvalue weighted by atomic mass is 16.6. The fraction of sp³-hybridized carbons (Fsp3) is 0.579. The maximum absolute atomic E-state index is 13.2. The molecule has 2 amide bonds.